The summed E-state index contributed by atoms with van der Waals surface area (Å²) in [6.07, 6.45) is 13.8. The fraction of sp³-hybridized carbons (Fsp3) is 0.524. The standard InChI is InChI=1S/C15H22N4O.C6H12/c1-6-18-19-14-8-7-12(9-17-14)13(10-16-5)20-11-15(2,3)4;1-2-4-6-5-3-1/h6-10,18H,1,5,11H2,2-4H3,(H,17,19);1-6H2/b13-10-;. The van der Waals surface area contributed by atoms with Crippen molar-refractivity contribution >= 4 is 18.3 Å². The van der Waals surface area contributed by atoms with Crippen molar-refractivity contribution in [1.29, 1.82) is 0 Å². The number of hydrazine groups is 1. The lowest BCUT2D eigenvalue weighted by Crippen LogP contribution is -2.15. The van der Waals surface area contributed by atoms with Crippen LogP contribution in [0.25, 0.3) is 5.76 Å². The van der Waals surface area contributed by atoms with E-state index in [1.165, 1.54) is 44.7 Å². The average molecular weight is 359 g/mol. The van der Waals surface area contributed by atoms with Crippen molar-refractivity contribution in [2.45, 2.75) is 59.3 Å². The van der Waals surface area contributed by atoms with Crippen LogP contribution in [0.1, 0.15) is 64.9 Å². The summed E-state index contributed by atoms with van der Waals surface area (Å²) < 4.78 is 5.79. The Morgan fingerprint density at radius 2 is 1.81 bits per heavy atom. The largest absolute Gasteiger partial charge is 0.491 e. The van der Waals surface area contributed by atoms with Crippen LogP contribution in [0.15, 0.2) is 42.3 Å². The van der Waals surface area contributed by atoms with Crippen LogP contribution >= 0.6 is 0 Å². The number of aromatic nitrogens is 1. The molecule has 0 saturated heterocycles. The molecule has 1 aliphatic carbocycles. The first-order valence-electron chi connectivity index (χ1n) is 9.34. The first kappa shape index (κ1) is 21.7. The Balaban J connectivity index is 0.000000472. The molecule has 2 N–H and O–H groups in total. The van der Waals surface area contributed by atoms with Gasteiger partial charge < -0.3 is 10.2 Å². The predicted molar refractivity (Wildman–Crippen MR) is 112 cm³/mol. The Morgan fingerprint density at radius 1 is 1.19 bits per heavy atom. The lowest BCUT2D eigenvalue weighted by Gasteiger charge is -2.20. The summed E-state index contributed by atoms with van der Waals surface area (Å²) in [6.45, 7) is 13.9. The molecule has 0 aliphatic heterocycles. The topological polar surface area (TPSA) is 58.5 Å². The second-order valence-electron chi connectivity index (χ2n) is 7.55. The van der Waals surface area contributed by atoms with Crippen molar-refractivity contribution in [3.05, 3.63) is 42.9 Å². The minimum atomic E-state index is 0.0725. The van der Waals surface area contributed by atoms with Crippen LogP contribution < -0.4 is 10.9 Å². The molecule has 0 bridgehead atoms. The SMILES string of the molecule is C1CCCCC1.C=CNNc1ccc(/C(=C/N=C)OCC(C)(C)C)cn1. The Bertz CT molecular complexity index is 543. The fourth-order valence-electron chi connectivity index (χ4n) is 2.37. The molecule has 1 aromatic heterocycles. The monoisotopic (exact) mass is 358 g/mol. The number of aliphatic imine (C=N–C) groups is 1. The molecule has 2 rings (SSSR count). The van der Waals surface area contributed by atoms with E-state index in [9.17, 15) is 0 Å². The predicted octanol–water partition coefficient (Wildman–Crippen LogP) is 5.54. The third kappa shape index (κ3) is 9.87. The van der Waals surface area contributed by atoms with E-state index in [1.54, 1.807) is 12.4 Å². The smallest absolute Gasteiger partial charge is 0.146 e. The van der Waals surface area contributed by atoms with E-state index < -0.39 is 0 Å². The summed E-state index contributed by atoms with van der Waals surface area (Å²) in [5, 5.41) is 0. The zero-order valence-electron chi connectivity index (χ0n) is 16.6. The van der Waals surface area contributed by atoms with Crippen LogP contribution in [0.4, 0.5) is 5.82 Å². The van der Waals surface area contributed by atoms with Gasteiger partial charge in [0.2, 0.25) is 0 Å². The number of ether oxygens (including phenoxy) is 1. The number of nitrogens with zero attached hydrogens (tertiary/aromatic N) is 2. The molecule has 0 radical (unpaired) electrons. The molecule has 5 nitrogen and oxygen atoms in total. The van der Waals surface area contributed by atoms with Crippen molar-refractivity contribution < 1.29 is 4.74 Å². The van der Waals surface area contributed by atoms with Gasteiger partial charge in [-0.25, -0.2) is 4.98 Å². The third-order valence-corrected chi connectivity index (χ3v) is 3.72. The number of pyridine rings is 1. The summed E-state index contributed by atoms with van der Waals surface area (Å²) >= 11 is 0. The molecular weight excluding hydrogens is 324 g/mol. The summed E-state index contributed by atoms with van der Waals surface area (Å²) in [5.41, 5.74) is 6.56. The molecule has 5 heteroatoms. The normalized spacial score (nSPS) is 14.5. The molecule has 0 aromatic carbocycles. The van der Waals surface area contributed by atoms with E-state index >= 15 is 0 Å². The zero-order valence-corrected chi connectivity index (χ0v) is 16.6. The Labute approximate surface area is 158 Å². The van der Waals surface area contributed by atoms with E-state index in [1.807, 2.05) is 12.1 Å². The summed E-state index contributed by atoms with van der Waals surface area (Å²) in [7, 11) is 0. The number of rotatable bonds is 7. The first-order chi connectivity index (χ1) is 12.5. The van der Waals surface area contributed by atoms with Crippen molar-refractivity contribution in [2.24, 2.45) is 10.4 Å². The lowest BCUT2D eigenvalue weighted by molar-refractivity contribution is 0.169. The molecule has 0 amide bonds. The number of nitrogens with one attached hydrogen (secondary N) is 2. The highest BCUT2D eigenvalue weighted by molar-refractivity contribution is 5.60. The van der Waals surface area contributed by atoms with Gasteiger partial charge in [0.05, 0.1) is 12.8 Å². The fourth-order valence-corrected chi connectivity index (χ4v) is 2.37. The molecule has 1 saturated carbocycles. The van der Waals surface area contributed by atoms with Gasteiger partial charge in [0.25, 0.3) is 0 Å². The van der Waals surface area contributed by atoms with Gasteiger partial charge in [-0.2, -0.15) is 0 Å². The lowest BCUT2D eigenvalue weighted by atomic mass is 9.98. The number of hydrogen-bond donors (Lipinski definition) is 2. The van der Waals surface area contributed by atoms with Crippen LogP contribution in [0.3, 0.4) is 0 Å². The highest BCUT2D eigenvalue weighted by Gasteiger charge is 2.13. The van der Waals surface area contributed by atoms with Gasteiger partial charge in [0.1, 0.15) is 11.6 Å². The maximum absolute atomic E-state index is 5.79. The van der Waals surface area contributed by atoms with Gasteiger partial charge in [-0.05, 0) is 24.3 Å². The summed E-state index contributed by atoms with van der Waals surface area (Å²) in [5.74, 6) is 1.35. The molecule has 0 unspecified atom stereocenters. The summed E-state index contributed by atoms with van der Waals surface area (Å²) in [6, 6.07) is 3.74. The Morgan fingerprint density at radius 3 is 2.23 bits per heavy atom. The molecule has 0 atom stereocenters. The highest BCUT2D eigenvalue weighted by atomic mass is 16.5. The van der Waals surface area contributed by atoms with Crippen LogP contribution in [0.5, 0.6) is 0 Å². The van der Waals surface area contributed by atoms with Gasteiger partial charge in [-0.1, -0.05) is 65.9 Å². The van der Waals surface area contributed by atoms with E-state index in [0.29, 0.717) is 18.2 Å². The molecule has 1 aromatic rings. The average Bonchev–Trinajstić information content (AvgIpc) is 2.65. The maximum Gasteiger partial charge on any atom is 0.146 e. The van der Waals surface area contributed by atoms with Gasteiger partial charge in [-0.15, -0.1) is 0 Å². The second-order valence-corrected chi connectivity index (χ2v) is 7.55. The molecule has 144 valence electrons. The zero-order chi connectivity index (χ0) is 19.3. The minimum absolute atomic E-state index is 0.0725. The molecular formula is C21H34N4O. The minimum Gasteiger partial charge on any atom is -0.491 e. The molecule has 0 spiro atoms. The maximum atomic E-state index is 5.79. The van der Waals surface area contributed by atoms with Crippen molar-refractivity contribution in [3.63, 3.8) is 0 Å². The van der Waals surface area contributed by atoms with E-state index in [4.69, 9.17) is 4.74 Å². The Kier molecular flexibility index (Phi) is 10.1. The summed E-state index contributed by atoms with van der Waals surface area (Å²) in [4.78, 5) is 8.04. The van der Waals surface area contributed by atoms with Crippen LogP contribution in [0, 0.1) is 5.41 Å². The van der Waals surface area contributed by atoms with Crippen molar-refractivity contribution in [1.82, 2.24) is 10.4 Å². The van der Waals surface area contributed by atoms with Crippen molar-refractivity contribution in [3.8, 4) is 0 Å². The van der Waals surface area contributed by atoms with Crippen LogP contribution in [0.2, 0.25) is 0 Å². The van der Waals surface area contributed by atoms with E-state index in [0.717, 1.165) is 5.56 Å². The van der Waals surface area contributed by atoms with Gasteiger partial charge in [0.15, 0.2) is 0 Å². The third-order valence-electron chi connectivity index (χ3n) is 3.72. The molecule has 26 heavy (non-hydrogen) atoms. The van der Waals surface area contributed by atoms with Gasteiger partial charge in [0, 0.05) is 18.0 Å². The van der Waals surface area contributed by atoms with Gasteiger partial charge >= 0.3 is 0 Å². The highest BCUT2D eigenvalue weighted by Crippen LogP contribution is 2.21. The quantitative estimate of drug-likeness (QED) is 0.381. The number of hydrogen-bond acceptors (Lipinski definition) is 5. The van der Waals surface area contributed by atoms with Gasteiger partial charge in [-0.3, -0.25) is 10.4 Å². The molecule has 1 heterocycles. The molecule has 1 fully saturated rings. The number of anilines is 1. The van der Waals surface area contributed by atoms with Crippen LogP contribution in [-0.2, 0) is 4.74 Å². The Hall–Kier alpha value is -2.30. The van der Waals surface area contributed by atoms with E-state index in [2.05, 4.69) is 54.9 Å². The van der Waals surface area contributed by atoms with Crippen molar-refractivity contribution in [2.75, 3.05) is 12.0 Å². The second kappa shape index (κ2) is 12.1. The first-order valence-corrected chi connectivity index (χ1v) is 9.34. The molecule has 1 aliphatic rings. The van der Waals surface area contributed by atoms with E-state index in [-0.39, 0.29) is 5.41 Å². The van der Waals surface area contributed by atoms with Crippen LogP contribution in [-0.4, -0.2) is 18.3 Å².